The second-order valence-corrected chi connectivity index (χ2v) is 5.25. The number of fused-ring (bicyclic) bond motifs is 1. The zero-order valence-corrected chi connectivity index (χ0v) is 14.3. The van der Waals surface area contributed by atoms with Gasteiger partial charge in [-0.05, 0) is 37.1 Å². The first-order chi connectivity index (χ1) is 11.8. The van der Waals surface area contributed by atoms with Gasteiger partial charge in [-0.1, -0.05) is 0 Å². The molecule has 1 aliphatic rings. The van der Waals surface area contributed by atoms with Crippen LogP contribution in [0.15, 0.2) is 12.1 Å². The summed E-state index contributed by atoms with van der Waals surface area (Å²) in [7, 11) is 2.80. The summed E-state index contributed by atoms with van der Waals surface area (Å²) in [5.41, 5.74) is 1.16. The Labute approximate surface area is 144 Å². The topological polar surface area (TPSA) is 118 Å². The molecule has 2 aromatic rings. The number of hydrogen-bond acceptors (Lipinski definition) is 8. The Morgan fingerprint density at radius 2 is 1.40 bits per heavy atom. The summed E-state index contributed by atoms with van der Waals surface area (Å²) in [5, 5.41) is 37.7. The highest BCUT2D eigenvalue weighted by molar-refractivity contribution is 5.62. The number of rotatable bonds is 2. The molecule has 8 nitrogen and oxygen atoms in total. The van der Waals surface area contributed by atoms with E-state index >= 15 is 0 Å². The molecule has 0 unspecified atom stereocenters. The lowest BCUT2D eigenvalue weighted by molar-refractivity contribution is 0.169. The van der Waals surface area contributed by atoms with Crippen molar-refractivity contribution in [2.45, 2.75) is 13.8 Å². The summed E-state index contributed by atoms with van der Waals surface area (Å²) in [5.74, 6) is 0.543. The molecule has 4 N–H and O–H groups in total. The number of ether oxygens (including phenoxy) is 4. The first kappa shape index (κ1) is 18.2. The lowest BCUT2D eigenvalue weighted by atomic mass is 10.2. The molecule has 0 atom stereocenters. The normalized spacial score (nSPS) is 11.5. The lowest BCUT2D eigenvalue weighted by Crippen LogP contribution is -1.93. The van der Waals surface area contributed by atoms with Gasteiger partial charge in [0, 0.05) is 0 Å². The third-order valence-electron chi connectivity index (χ3n) is 3.60. The zero-order valence-electron chi connectivity index (χ0n) is 14.3. The molecule has 2 aromatic carbocycles. The second-order valence-electron chi connectivity index (χ2n) is 5.25. The number of aryl methyl sites for hydroxylation is 2. The van der Waals surface area contributed by atoms with E-state index in [9.17, 15) is 20.4 Å². The summed E-state index contributed by atoms with van der Waals surface area (Å²) >= 11 is 0. The predicted molar refractivity (Wildman–Crippen MR) is 88.2 cm³/mol. The number of hydrogen-bond donors (Lipinski definition) is 4. The van der Waals surface area contributed by atoms with Crippen molar-refractivity contribution in [2.75, 3.05) is 21.0 Å². The highest BCUT2D eigenvalue weighted by Crippen LogP contribution is 2.48. The second kappa shape index (κ2) is 7.16. The third-order valence-corrected chi connectivity index (χ3v) is 3.60. The molecule has 0 aromatic heterocycles. The summed E-state index contributed by atoms with van der Waals surface area (Å²) in [6.07, 6.45) is 0. The van der Waals surface area contributed by atoms with Crippen LogP contribution in [-0.4, -0.2) is 41.4 Å². The van der Waals surface area contributed by atoms with E-state index in [4.69, 9.17) is 18.9 Å². The van der Waals surface area contributed by atoms with Crippen molar-refractivity contribution in [3.8, 4) is 46.0 Å². The molecule has 0 radical (unpaired) electrons. The van der Waals surface area contributed by atoms with Crippen molar-refractivity contribution in [3.05, 3.63) is 23.3 Å². The molecule has 1 heterocycles. The van der Waals surface area contributed by atoms with Gasteiger partial charge in [-0.25, -0.2) is 0 Å². The number of benzene rings is 2. The van der Waals surface area contributed by atoms with Gasteiger partial charge in [0.25, 0.3) is 0 Å². The number of aromatic hydroxyl groups is 4. The Kier molecular flexibility index (Phi) is 5.21. The SMILES string of the molecule is COc1cc(C)c(O)c(OC)c1O.Cc1cc(O)c2c(c1O)OCO2. The monoisotopic (exact) mass is 352 g/mol. The van der Waals surface area contributed by atoms with E-state index in [2.05, 4.69) is 0 Å². The van der Waals surface area contributed by atoms with Crippen molar-refractivity contribution >= 4 is 0 Å². The minimum atomic E-state index is -0.187. The fraction of sp³-hybridized carbons (Fsp3) is 0.294. The summed E-state index contributed by atoms with van der Waals surface area (Å²) in [6, 6.07) is 2.97. The van der Waals surface area contributed by atoms with Gasteiger partial charge >= 0.3 is 0 Å². The Bertz CT molecular complexity index is 785. The fourth-order valence-corrected chi connectivity index (χ4v) is 2.25. The summed E-state index contributed by atoms with van der Waals surface area (Å²) in [6.45, 7) is 3.41. The fourth-order valence-electron chi connectivity index (χ4n) is 2.25. The first-order valence-electron chi connectivity index (χ1n) is 7.26. The minimum absolute atomic E-state index is 0.00204. The van der Waals surface area contributed by atoms with Crippen LogP contribution in [0.25, 0.3) is 0 Å². The van der Waals surface area contributed by atoms with E-state index in [1.165, 1.54) is 26.4 Å². The molecule has 25 heavy (non-hydrogen) atoms. The molecular weight excluding hydrogens is 332 g/mol. The van der Waals surface area contributed by atoms with Gasteiger partial charge in [-0.3, -0.25) is 0 Å². The van der Waals surface area contributed by atoms with Crippen LogP contribution >= 0.6 is 0 Å². The van der Waals surface area contributed by atoms with Gasteiger partial charge in [0.15, 0.2) is 23.0 Å². The highest BCUT2D eigenvalue weighted by atomic mass is 16.7. The average molecular weight is 352 g/mol. The van der Waals surface area contributed by atoms with Crippen molar-refractivity contribution in [1.29, 1.82) is 0 Å². The number of phenols is 4. The maximum Gasteiger partial charge on any atom is 0.231 e. The number of phenolic OH excluding ortho intramolecular Hbond substituents is 4. The van der Waals surface area contributed by atoms with Crippen molar-refractivity contribution < 1.29 is 39.4 Å². The van der Waals surface area contributed by atoms with Crippen LogP contribution in [0.3, 0.4) is 0 Å². The smallest absolute Gasteiger partial charge is 0.231 e. The third kappa shape index (κ3) is 3.37. The number of methoxy groups -OCH3 is 2. The Morgan fingerprint density at radius 3 is 2.00 bits per heavy atom. The molecule has 3 rings (SSSR count). The molecule has 0 fully saturated rings. The lowest BCUT2D eigenvalue weighted by Gasteiger charge is -2.11. The van der Waals surface area contributed by atoms with Crippen molar-refractivity contribution in [3.63, 3.8) is 0 Å². The van der Waals surface area contributed by atoms with Gasteiger partial charge in [0.1, 0.15) is 0 Å². The molecule has 0 saturated heterocycles. The highest BCUT2D eigenvalue weighted by Gasteiger charge is 2.23. The summed E-state index contributed by atoms with van der Waals surface area (Å²) in [4.78, 5) is 0. The van der Waals surface area contributed by atoms with Crippen LogP contribution in [0.2, 0.25) is 0 Å². The van der Waals surface area contributed by atoms with Crippen LogP contribution in [-0.2, 0) is 0 Å². The van der Waals surface area contributed by atoms with Gasteiger partial charge in [0.2, 0.25) is 29.8 Å². The predicted octanol–water partition coefficient (Wildman–Crippen LogP) is 2.56. The van der Waals surface area contributed by atoms with E-state index in [1.807, 2.05) is 0 Å². The van der Waals surface area contributed by atoms with E-state index in [0.29, 0.717) is 11.1 Å². The van der Waals surface area contributed by atoms with E-state index in [0.717, 1.165) is 0 Å². The average Bonchev–Trinajstić information content (AvgIpc) is 3.08. The molecule has 0 saturated carbocycles. The van der Waals surface area contributed by atoms with Crippen LogP contribution < -0.4 is 18.9 Å². The molecule has 136 valence electrons. The molecule has 8 heteroatoms. The molecule has 0 aliphatic carbocycles. The maximum absolute atomic E-state index is 9.48. The standard InChI is InChI=1S/C9H12O4.C8H8O4/c1-5-4-6(12-2)8(11)9(13-3)7(5)10;1-4-2-5(9)7-8(6(4)10)12-3-11-7/h4,10-11H,1-3H3;2,9-10H,3H2,1H3. The van der Waals surface area contributed by atoms with Crippen LogP contribution in [0, 0.1) is 13.8 Å². The molecule has 0 amide bonds. The Balaban J connectivity index is 0.000000181. The molecule has 1 aliphatic heterocycles. The van der Waals surface area contributed by atoms with Crippen molar-refractivity contribution in [2.24, 2.45) is 0 Å². The van der Waals surface area contributed by atoms with Crippen LogP contribution in [0.4, 0.5) is 0 Å². The van der Waals surface area contributed by atoms with Crippen LogP contribution in [0.5, 0.6) is 46.0 Å². The molecule has 0 bridgehead atoms. The minimum Gasteiger partial charge on any atom is -0.504 e. The van der Waals surface area contributed by atoms with E-state index < -0.39 is 0 Å². The zero-order chi connectivity index (χ0) is 18.7. The quantitative estimate of drug-likeness (QED) is 0.609. The molecular formula is C17H20O8. The van der Waals surface area contributed by atoms with Gasteiger partial charge in [-0.15, -0.1) is 0 Å². The summed E-state index contributed by atoms with van der Waals surface area (Å²) < 4.78 is 19.6. The van der Waals surface area contributed by atoms with Gasteiger partial charge in [0.05, 0.1) is 14.2 Å². The Hall–Kier alpha value is -3.16. The maximum atomic E-state index is 9.48. The molecule has 0 spiro atoms. The van der Waals surface area contributed by atoms with Gasteiger partial charge < -0.3 is 39.4 Å². The van der Waals surface area contributed by atoms with Gasteiger partial charge in [-0.2, -0.15) is 0 Å². The largest absolute Gasteiger partial charge is 0.504 e. The van der Waals surface area contributed by atoms with Crippen LogP contribution in [0.1, 0.15) is 11.1 Å². The van der Waals surface area contributed by atoms with Crippen molar-refractivity contribution in [1.82, 2.24) is 0 Å². The first-order valence-corrected chi connectivity index (χ1v) is 7.26. The Morgan fingerprint density at radius 1 is 0.800 bits per heavy atom. The van der Waals surface area contributed by atoms with E-state index in [-0.39, 0.29) is 52.8 Å². The van der Waals surface area contributed by atoms with E-state index in [1.54, 1.807) is 13.8 Å².